The van der Waals surface area contributed by atoms with Crippen molar-refractivity contribution in [1.82, 2.24) is 4.98 Å². The average molecular weight is 334 g/mol. The van der Waals surface area contributed by atoms with Gasteiger partial charge in [0.2, 0.25) is 5.89 Å². The van der Waals surface area contributed by atoms with Crippen molar-refractivity contribution in [2.45, 2.75) is 59.0 Å². The third-order valence-corrected chi connectivity index (χ3v) is 8.89. The maximum absolute atomic E-state index is 6.20. The molecule has 0 bridgehead atoms. The highest BCUT2D eigenvalue weighted by Crippen LogP contribution is 2.37. The van der Waals surface area contributed by atoms with E-state index in [1.54, 1.807) is 0 Å². The van der Waals surface area contributed by atoms with E-state index >= 15 is 0 Å². The number of para-hydroxylation sites is 1. The van der Waals surface area contributed by atoms with Crippen molar-refractivity contribution in [3.05, 3.63) is 47.7 Å². The lowest BCUT2D eigenvalue weighted by Crippen LogP contribution is -2.40. The molecule has 0 amide bonds. The van der Waals surface area contributed by atoms with Gasteiger partial charge in [0.05, 0.1) is 12.3 Å². The van der Waals surface area contributed by atoms with Crippen molar-refractivity contribution < 1.29 is 13.6 Å². The van der Waals surface area contributed by atoms with Crippen molar-refractivity contribution in [3.8, 4) is 5.75 Å². The molecular weight excluding hydrogens is 306 g/mol. The molecule has 0 N–H and O–H groups in total. The van der Waals surface area contributed by atoms with Gasteiger partial charge in [-0.15, -0.1) is 0 Å². The Morgan fingerprint density at radius 1 is 1.09 bits per heavy atom. The lowest BCUT2D eigenvalue weighted by molar-refractivity contribution is 0.222. The molecule has 23 heavy (non-hydrogen) atoms. The maximum atomic E-state index is 6.20. The highest BCUT2D eigenvalue weighted by atomic mass is 28.4. The van der Waals surface area contributed by atoms with Crippen LogP contribution in [0.1, 0.15) is 38.1 Å². The fourth-order valence-electron chi connectivity index (χ4n) is 1.81. The van der Waals surface area contributed by atoms with Gasteiger partial charge in [0, 0.05) is 0 Å². The molecule has 1 aromatic carbocycles. The van der Waals surface area contributed by atoms with Crippen LogP contribution in [-0.4, -0.2) is 13.3 Å². The molecule has 0 saturated heterocycles. The van der Waals surface area contributed by atoms with Crippen molar-refractivity contribution in [2.24, 2.45) is 0 Å². The second kappa shape index (κ2) is 6.89. The third-order valence-electron chi connectivity index (χ3n) is 4.41. The summed E-state index contributed by atoms with van der Waals surface area (Å²) in [7, 11) is -1.79. The molecule has 2 aromatic rings. The van der Waals surface area contributed by atoms with Crippen LogP contribution in [0.5, 0.6) is 5.75 Å². The van der Waals surface area contributed by atoms with Crippen molar-refractivity contribution in [1.29, 1.82) is 0 Å². The average Bonchev–Trinajstić information content (AvgIpc) is 2.83. The monoisotopic (exact) mass is 333 g/mol. The minimum Gasteiger partial charge on any atom is -0.484 e. The first-order valence-corrected chi connectivity index (χ1v) is 10.9. The standard InChI is InChI=1S/C18H27NO3Si/c1-14-16(12-21-23(5,6)18(2,3)4)22-17(19-14)13-20-15-10-8-7-9-11-15/h7-11H,12-13H2,1-6H3. The first kappa shape index (κ1) is 17.8. The topological polar surface area (TPSA) is 44.5 Å². The third kappa shape index (κ3) is 4.69. The van der Waals surface area contributed by atoms with E-state index in [1.165, 1.54) is 0 Å². The molecule has 0 aliphatic carbocycles. The maximum Gasteiger partial charge on any atom is 0.232 e. The van der Waals surface area contributed by atoms with Crippen molar-refractivity contribution in [2.75, 3.05) is 0 Å². The minimum absolute atomic E-state index is 0.181. The van der Waals surface area contributed by atoms with Gasteiger partial charge in [-0.2, -0.15) is 0 Å². The molecule has 0 aliphatic rings. The Balaban J connectivity index is 1.96. The van der Waals surface area contributed by atoms with Crippen LogP contribution >= 0.6 is 0 Å². The summed E-state index contributed by atoms with van der Waals surface area (Å²) in [6.45, 7) is 13.9. The number of hydrogen-bond acceptors (Lipinski definition) is 4. The lowest BCUT2D eigenvalue weighted by atomic mass is 10.2. The zero-order valence-corrected chi connectivity index (χ0v) is 16.0. The van der Waals surface area contributed by atoms with E-state index in [0.717, 1.165) is 17.2 Å². The van der Waals surface area contributed by atoms with Crippen LogP contribution in [0.15, 0.2) is 34.7 Å². The normalized spacial score (nSPS) is 12.4. The van der Waals surface area contributed by atoms with Gasteiger partial charge in [0.15, 0.2) is 20.7 Å². The fraction of sp³-hybridized carbons (Fsp3) is 0.500. The highest BCUT2D eigenvalue weighted by Gasteiger charge is 2.37. The molecule has 1 aromatic heterocycles. The van der Waals surface area contributed by atoms with Gasteiger partial charge < -0.3 is 13.6 Å². The van der Waals surface area contributed by atoms with Gasteiger partial charge in [-0.1, -0.05) is 39.0 Å². The summed E-state index contributed by atoms with van der Waals surface area (Å²) in [5, 5.41) is 0.181. The van der Waals surface area contributed by atoms with Gasteiger partial charge in [-0.25, -0.2) is 4.98 Å². The summed E-state index contributed by atoms with van der Waals surface area (Å²) >= 11 is 0. The van der Waals surface area contributed by atoms with Crippen LogP contribution in [0.25, 0.3) is 0 Å². The number of ether oxygens (including phenoxy) is 1. The summed E-state index contributed by atoms with van der Waals surface area (Å²) < 4.78 is 17.7. The Labute approximate surface area is 140 Å². The van der Waals surface area contributed by atoms with E-state index in [0.29, 0.717) is 19.1 Å². The SMILES string of the molecule is Cc1nc(COc2ccccc2)oc1CO[Si](C)(C)C(C)(C)C. The minimum atomic E-state index is -1.79. The van der Waals surface area contributed by atoms with Crippen LogP contribution < -0.4 is 4.74 Å². The molecule has 0 aliphatic heterocycles. The number of aromatic nitrogens is 1. The summed E-state index contributed by atoms with van der Waals surface area (Å²) in [4.78, 5) is 4.43. The molecule has 1 heterocycles. The van der Waals surface area contributed by atoms with E-state index in [-0.39, 0.29) is 5.04 Å². The first-order valence-electron chi connectivity index (χ1n) is 7.96. The molecule has 0 unspecified atom stereocenters. The summed E-state index contributed by atoms with van der Waals surface area (Å²) in [5.41, 5.74) is 0.871. The van der Waals surface area contributed by atoms with Crippen LogP contribution in [0.4, 0.5) is 0 Å². The van der Waals surface area contributed by atoms with Gasteiger partial charge >= 0.3 is 0 Å². The quantitative estimate of drug-likeness (QED) is 0.691. The molecule has 126 valence electrons. The highest BCUT2D eigenvalue weighted by molar-refractivity contribution is 6.74. The molecular formula is C18H27NO3Si. The molecule has 0 spiro atoms. The molecule has 0 radical (unpaired) electrons. The number of rotatable bonds is 6. The van der Waals surface area contributed by atoms with E-state index < -0.39 is 8.32 Å². The van der Waals surface area contributed by atoms with Crippen LogP contribution in [0.2, 0.25) is 18.1 Å². The largest absolute Gasteiger partial charge is 0.484 e. The van der Waals surface area contributed by atoms with Gasteiger partial charge in [-0.3, -0.25) is 0 Å². The zero-order chi connectivity index (χ0) is 17.1. The predicted molar refractivity (Wildman–Crippen MR) is 94.0 cm³/mol. The van der Waals surface area contributed by atoms with Crippen molar-refractivity contribution >= 4 is 8.32 Å². The summed E-state index contributed by atoms with van der Waals surface area (Å²) in [6.07, 6.45) is 0. The van der Waals surface area contributed by atoms with Gasteiger partial charge in [-0.05, 0) is 37.2 Å². The summed E-state index contributed by atoms with van der Waals surface area (Å²) in [6, 6.07) is 9.66. The summed E-state index contributed by atoms with van der Waals surface area (Å²) in [5.74, 6) is 2.18. The van der Waals surface area contributed by atoms with Crippen LogP contribution in [0.3, 0.4) is 0 Å². The van der Waals surface area contributed by atoms with Crippen molar-refractivity contribution in [3.63, 3.8) is 0 Å². The first-order chi connectivity index (χ1) is 10.7. The predicted octanol–water partition coefficient (Wildman–Crippen LogP) is 5.08. The van der Waals surface area contributed by atoms with E-state index in [4.69, 9.17) is 13.6 Å². The molecule has 4 nitrogen and oxygen atoms in total. The Morgan fingerprint density at radius 3 is 2.35 bits per heavy atom. The molecule has 0 atom stereocenters. The Bertz CT molecular complexity index is 629. The molecule has 0 fully saturated rings. The van der Waals surface area contributed by atoms with Crippen LogP contribution in [0, 0.1) is 6.92 Å². The molecule has 0 saturated carbocycles. The van der Waals surface area contributed by atoms with Gasteiger partial charge in [0.1, 0.15) is 5.75 Å². The Kier molecular flexibility index (Phi) is 5.32. The number of nitrogens with zero attached hydrogens (tertiary/aromatic N) is 1. The zero-order valence-electron chi connectivity index (χ0n) is 15.0. The number of oxazole rings is 1. The van der Waals surface area contributed by atoms with Gasteiger partial charge in [0.25, 0.3) is 0 Å². The number of hydrogen-bond donors (Lipinski definition) is 0. The number of benzene rings is 1. The lowest BCUT2D eigenvalue weighted by Gasteiger charge is -2.35. The second-order valence-electron chi connectivity index (χ2n) is 7.27. The second-order valence-corrected chi connectivity index (χ2v) is 12.1. The van der Waals surface area contributed by atoms with E-state index in [9.17, 15) is 0 Å². The smallest absolute Gasteiger partial charge is 0.232 e. The van der Waals surface area contributed by atoms with E-state index in [1.807, 2.05) is 37.3 Å². The number of aryl methyl sites for hydroxylation is 1. The van der Waals surface area contributed by atoms with Crippen LogP contribution in [-0.2, 0) is 17.6 Å². The Hall–Kier alpha value is -1.59. The fourth-order valence-corrected chi connectivity index (χ4v) is 2.73. The van der Waals surface area contributed by atoms with E-state index in [2.05, 4.69) is 38.8 Å². The molecule has 2 rings (SSSR count). The molecule has 5 heteroatoms. The Morgan fingerprint density at radius 2 is 1.74 bits per heavy atom.